The van der Waals surface area contributed by atoms with Crippen LogP contribution in [0.1, 0.15) is 32.0 Å². The Bertz CT molecular complexity index is 1430. The molecule has 0 amide bonds. The van der Waals surface area contributed by atoms with Crippen molar-refractivity contribution in [2.45, 2.75) is 32.7 Å². The molecule has 1 N–H and O–H groups in total. The van der Waals surface area contributed by atoms with Crippen molar-refractivity contribution in [2.75, 3.05) is 31.1 Å². The van der Waals surface area contributed by atoms with Gasteiger partial charge >= 0.3 is 0 Å². The van der Waals surface area contributed by atoms with Gasteiger partial charge < -0.3 is 9.88 Å². The molecule has 178 valence electrons. The van der Waals surface area contributed by atoms with Crippen LogP contribution in [-0.2, 0) is 12.0 Å². The molecule has 1 aliphatic rings. The molecule has 0 atom stereocenters. The molecule has 7 heteroatoms. The number of rotatable bonds is 4. The fourth-order valence-corrected chi connectivity index (χ4v) is 4.88. The van der Waals surface area contributed by atoms with E-state index in [9.17, 15) is 0 Å². The van der Waals surface area contributed by atoms with Crippen molar-refractivity contribution >= 4 is 22.5 Å². The average Bonchev–Trinajstić information content (AvgIpc) is 3.48. The van der Waals surface area contributed by atoms with Crippen molar-refractivity contribution in [3.8, 4) is 11.4 Å². The first-order chi connectivity index (χ1) is 16.9. The maximum absolute atomic E-state index is 4.91. The summed E-state index contributed by atoms with van der Waals surface area (Å²) in [6.07, 6.45) is 5.86. The van der Waals surface area contributed by atoms with E-state index in [2.05, 4.69) is 94.2 Å². The molecule has 0 aliphatic carbocycles. The summed E-state index contributed by atoms with van der Waals surface area (Å²) >= 11 is 0. The predicted octanol–water partition coefficient (Wildman–Crippen LogP) is 4.89. The summed E-state index contributed by atoms with van der Waals surface area (Å²) in [5.41, 5.74) is 7.00. The molecule has 6 rings (SSSR count). The third-order valence-electron chi connectivity index (χ3n) is 6.90. The van der Waals surface area contributed by atoms with E-state index in [-0.39, 0.29) is 5.41 Å². The molecular formula is C28H31N7. The van der Waals surface area contributed by atoms with Crippen molar-refractivity contribution in [2.24, 2.45) is 0 Å². The van der Waals surface area contributed by atoms with Gasteiger partial charge in [-0.15, -0.1) is 0 Å². The first kappa shape index (κ1) is 21.8. The third-order valence-corrected chi connectivity index (χ3v) is 6.90. The third kappa shape index (κ3) is 4.28. The molecule has 5 aromatic rings. The van der Waals surface area contributed by atoms with Gasteiger partial charge in [-0.2, -0.15) is 0 Å². The Hall–Kier alpha value is -3.71. The number of H-pyrrole nitrogens is 1. The lowest BCUT2D eigenvalue weighted by molar-refractivity contribution is 0.247. The summed E-state index contributed by atoms with van der Waals surface area (Å²) in [5, 5.41) is 0. The molecule has 1 saturated heterocycles. The molecule has 0 radical (unpaired) electrons. The van der Waals surface area contributed by atoms with Crippen molar-refractivity contribution in [3.63, 3.8) is 0 Å². The molecule has 4 heterocycles. The maximum Gasteiger partial charge on any atom is 0.233 e. The molecule has 0 saturated carbocycles. The lowest BCUT2D eigenvalue weighted by Crippen LogP contribution is -2.46. The van der Waals surface area contributed by atoms with E-state index in [1.807, 2.05) is 16.7 Å². The minimum atomic E-state index is 0.143. The Morgan fingerprint density at radius 2 is 1.71 bits per heavy atom. The number of piperazine rings is 1. The number of aromatic amines is 1. The zero-order chi connectivity index (χ0) is 24.0. The minimum Gasteiger partial charge on any atom is -0.367 e. The summed E-state index contributed by atoms with van der Waals surface area (Å²) in [7, 11) is 0. The molecule has 7 nitrogen and oxygen atoms in total. The van der Waals surface area contributed by atoms with Gasteiger partial charge in [0.25, 0.3) is 0 Å². The number of hydrogen-bond acceptors (Lipinski definition) is 5. The van der Waals surface area contributed by atoms with Gasteiger partial charge in [0.1, 0.15) is 5.82 Å². The Labute approximate surface area is 205 Å². The number of nitrogens with zero attached hydrogens (tertiary/aromatic N) is 6. The summed E-state index contributed by atoms with van der Waals surface area (Å²) in [5.74, 6) is 1.68. The summed E-state index contributed by atoms with van der Waals surface area (Å²) in [4.78, 5) is 22.4. The smallest absolute Gasteiger partial charge is 0.233 e. The topological polar surface area (TPSA) is 65.3 Å². The van der Waals surface area contributed by atoms with Crippen LogP contribution in [-0.4, -0.2) is 55.4 Å². The first-order valence-corrected chi connectivity index (χ1v) is 12.3. The van der Waals surface area contributed by atoms with Gasteiger partial charge in [-0.05, 0) is 29.2 Å². The van der Waals surface area contributed by atoms with Gasteiger partial charge in [0.15, 0.2) is 0 Å². The highest BCUT2D eigenvalue weighted by Crippen LogP contribution is 2.30. The molecule has 0 bridgehead atoms. The standard InChI is InChI=1S/C28H31N7/c1-28(2,3)21-10-8-20(9-11-21)26-31-23-6-4-7-24(25(23)32-26)34-16-14-33(15-17-34)18-22-19-35-13-5-12-29-27(35)30-22/h4-13,19H,14-18H2,1-3H3,(H,31,32). The van der Waals surface area contributed by atoms with E-state index in [1.165, 1.54) is 11.3 Å². The Morgan fingerprint density at radius 1 is 0.914 bits per heavy atom. The lowest BCUT2D eigenvalue weighted by atomic mass is 9.87. The van der Waals surface area contributed by atoms with Crippen LogP contribution in [0.15, 0.2) is 67.1 Å². The second-order valence-electron chi connectivity index (χ2n) is 10.4. The number of aromatic nitrogens is 5. The average molecular weight is 466 g/mol. The fraction of sp³-hybridized carbons (Fsp3) is 0.321. The van der Waals surface area contributed by atoms with Crippen LogP contribution in [0.4, 0.5) is 5.69 Å². The van der Waals surface area contributed by atoms with Crippen LogP contribution in [0.3, 0.4) is 0 Å². The number of anilines is 1. The van der Waals surface area contributed by atoms with E-state index in [0.717, 1.165) is 66.6 Å². The summed E-state index contributed by atoms with van der Waals surface area (Å²) in [6.45, 7) is 11.5. The Kier molecular flexibility index (Phi) is 5.29. The number of para-hydroxylation sites is 1. The van der Waals surface area contributed by atoms with E-state index < -0.39 is 0 Å². The molecular weight excluding hydrogens is 434 g/mol. The Balaban J connectivity index is 1.18. The van der Waals surface area contributed by atoms with Crippen LogP contribution in [0.5, 0.6) is 0 Å². The molecule has 1 fully saturated rings. The highest BCUT2D eigenvalue weighted by Gasteiger charge is 2.21. The van der Waals surface area contributed by atoms with E-state index in [0.29, 0.717) is 0 Å². The molecule has 3 aromatic heterocycles. The van der Waals surface area contributed by atoms with Crippen LogP contribution >= 0.6 is 0 Å². The van der Waals surface area contributed by atoms with Crippen LogP contribution in [0.2, 0.25) is 0 Å². The van der Waals surface area contributed by atoms with Crippen molar-refractivity contribution in [1.29, 1.82) is 0 Å². The number of fused-ring (bicyclic) bond motifs is 2. The fourth-order valence-electron chi connectivity index (χ4n) is 4.88. The maximum atomic E-state index is 4.91. The number of nitrogens with one attached hydrogen (secondary N) is 1. The van der Waals surface area contributed by atoms with Crippen LogP contribution in [0, 0.1) is 0 Å². The van der Waals surface area contributed by atoms with Crippen LogP contribution in [0.25, 0.3) is 28.2 Å². The van der Waals surface area contributed by atoms with Gasteiger partial charge in [0.05, 0.1) is 22.4 Å². The largest absolute Gasteiger partial charge is 0.367 e. The van der Waals surface area contributed by atoms with E-state index in [4.69, 9.17) is 4.98 Å². The van der Waals surface area contributed by atoms with Crippen molar-refractivity contribution < 1.29 is 0 Å². The summed E-state index contributed by atoms with van der Waals surface area (Å²) in [6, 6.07) is 17.1. The predicted molar refractivity (Wildman–Crippen MR) is 141 cm³/mol. The van der Waals surface area contributed by atoms with Gasteiger partial charge in [-0.1, -0.05) is 51.1 Å². The molecule has 35 heavy (non-hydrogen) atoms. The van der Waals surface area contributed by atoms with Crippen molar-refractivity contribution in [1.82, 2.24) is 29.2 Å². The van der Waals surface area contributed by atoms with E-state index in [1.54, 1.807) is 6.20 Å². The second kappa shape index (κ2) is 8.50. The lowest BCUT2D eigenvalue weighted by Gasteiger charge is -2.35. The number of imidazole rings is 2. The Morgan fingerprint density at radius 3 is 2.46 bits per heavy atom. The number of hydrogen-bond donors (Lipinski definition) is 1. The summed E-state index contributed by atoms with van der Waals surface area (Å²) < 4.78 is 1.98. The van der Waals surface area contributed by atoms with Crippen LogP contribution < -0.4 is 4.90 Å². The second-order valence-corrected chi connectivity index (χ2v) is 10.4. The van der Waals surface area contributed by atoms with Crippen molar-refractivity contribution in [3.05, 3.63) is 78.4 Å². The molecule has 1 aliphatic heterocycles. The van der Waals surface area contributed by atoms with Gasteiger partial charge in [-0.3, -0.25) is 9.30 Å². The van der Waals surface area contributed by atoms with E-state index >= 15 is 0 Å². The monoisotopic (exact) mass is 465 g/mol. The number of benzene rings is 2. The quantitative estimate of drug-likeness (QED) is 0.409. The highest BCUT2D eigenvalue weighted by molar-refractivity contribution is 5.91. The molecule has 0 spiro atoms. The highest BCUT2D eigenvalue weighted by atomic mass is 15.3. The van der Waals surface area contributed by atoms with Gasteiger partial charge in [0.2, 0.25) is 5.78 Å². The zero-order valence-corrected chi connectivity index (χ0v) is 20.6. The minimum absolute atomic E-state index is 0.143. The van der Waals surface area contributed by atoms with Gasteiger partial charge in [-0.25, -0.2) is 15.0 Å². The SMILES string of the molecule is CC(C)(C)c1ccc(-c2nc3cccc(N4CCN(Cc5cn6cccnc6n5)CC4)c3[nH]2)cc1. The first-order valence-electron chi connectivity index (χ1n) is 12.3. The molecule has 2 aromatic carbocycles. The zero-order valence-electron chi connectivity index (χ0n) is 20.6. The van der Waals surface area contributed by atoms with Gasteiger partial charge in [0, 0.05) is 56.9 Å². The normalized spacial score (nSPS) is 15.3. The molecule has 0 unspecified atom stereocenters.